The molecule has 0 heterocycles. The molecule has 2 atom stereocenters. The first kappa shape index (κ1) is 15.4. The van der Waals surface area contributed by atoms with Gasteiger partial charge in [0.2, 0.25) is 0 Å². The zero-order chi connectivity index (χ0) is 16.2. The monoisotopic (exact) mass is 311 g/mol. The first-order valence-corrected chi connectivity index (χ1v) is 7.60. The minimum absolute atomic E-state index is 0.198. The molecule has 3 rings (SSSR count). The van der Waals surface area contributed by atoms with E-state index in [1.165, 1.54) is 17.7 Å². The average Bonchev–Trinajstić information content (AvgIpc) is 3.32. The van der Waals surface area contributed by atoms with Crippen LogP contribution >= 0.6 is 0 Å². The van der Waals surface area contributed by atoms with Crippen molar-refractivity contribution in [3.8, 4) is 0 Å². The second-order valence-corrected chi connectivity index (χ2v) is 5.79. The molecule has 1 aliphatic rings. The van der Waals surface area contributed by atoms with Crippen molar-refractivity contribution in [2.45, 2.75) is 24.9 Å². The van der Waals surface area contributed by atoms with Crippen LogP contribution in [0.4, 0.5) is 4.39 Å². The largest absolute Gasteiger partial charge is 0.478 e. The molecule has 1 aliphatic carbocycles. The van der Waals surface area contributed by atoms with E-state index in [-0.39, 0.29) is 5.82 Å². The van der Waals surface area contributed by atoms with Gasteiger partial charge >= 0.3 is 5.97 Å². The predicted octanol–water partition coefficient (Wildman–Crippen LogP) is 3.57. The zero-order valence-corrected chi connectivity index (χ0v) is 12.6. The smallest absolute Gasteiger partial charge is 0.328 e. The maximum Gasteiger partial charge on any atom is 0.328 e. The first-order chi connectivity index (χ1) is 11.1. The Morgan fingerprint density at radius 2 is 1.87 bits per heavy atom. The molecule has 0 spiro atoms. The Balaban J connectivity index is 1.50. The Morgan fingerprint density at radius 1 is 1.17 bits per heavy atom. The molecule has 0 amide bonds. The number of aliphatic carboxylic acids is 1. The summed E-state index contributed by atoms with van der Waals surface area (Å²) in [5.74, 6) is -0.680. The van der Waals surface area contributed by atoms with Crippen molar-refractivity contribution in [2.75, 3.05) is 0 Å². The Bertz CT molecular complexity index is 707. The SMILES string of the molecule is O=C(O)/C=C/c1ccc(CNC2CC2c2ccc(F)cc2)cc1. The number of nitrogens with one attached hydrogen (secondary N) is 1. The summed E-state index contributed by atoms with van der Waals surface area (Å²) in [6, 6.07) is 14.9. The third-order valence-electron chi connectivity index (χ3n) is 4.06. The van der Waals surface area contributed by atoms with Crippen LogP contribution in [-0.2, 0) is 11.3 Å². The molecule has 0 radical (unpaired) electrons. The number of halogens is 1. The standard InChI is InChI=1S/C19H18FNO2/c20-16-8-6-15(7-9-16)17-11-18(17)21-12-14-3-1-13(2-4-14)5-10-19(22)23/h1-10,17-18,21H,11-12H2,(H,22,23)/b10-5+. The van der Waals surface area contributed by atoms with Crippen molar-refractivity contribution >= 4 is 12.0 Å². The van der Waals surface area contributed by atoms with Crippen LogP contribution in [0, 0.1) is 5.82 Å². The van der Waals surface area contributed by atoms with Crippen LogP contribution in [0.3, 0.4) is 0 Å². The second-order valence-electron chi connectivity index (χ2n) is 5.79. The third-order valence-corrected chi connectivity index (χ3v) is 4.06. The van der Waals surface area contributed by atoms with Gasteiger partial charge in [-0.3, -0.25) is 0 Å². The molecule has 0 bridgehead atoms. The molecule has 2 aromatic carbocycles. The highest BCUT2D eigenvalue weighted by molar-refractivity contribution is 5.85. The lowest BCUT2D eigenvalue weighted by Gasteiger charge is -2.05. The van der Waals surface area contributed by atoms with E-state index in [0.717, 1.165) is 30.2 Å². The van der Waals surface area contributed by atoms with Crippen molar-refractivity contribution in [3.63, 3.8) is 0 Å². The van der Waals surface area contributed by atoms with Crippen LogP contribution in [0.2, 0.25) is 0 Å². The molecule has 2 aromatic rings. The minimum Gasteiger partial charge on any atom is -0.478 e. The van der Waals surface area contributed by atoms with Gasteiger partial charge in [0, 0.05) is 24.6 Å². The Morgan fingerprint density at radius 3 is 2.52 bits per heavy atom. The van der Waals surface area contributed by atoms with Gasteiger partial charge in [0.25, 0.3) is 0 Å². The van der Waals surface area contributed by atoms with E-state index in [2.05, 4.69) is 5.32 Å². The van der Waals surface area contributed by atoms with E-state index in [0.29, 0.717) is 12.0 Å². The van der Waals surface area contributed by atoms with Gasteiger partial charge in [0.1, 0.15) is 5.82 Å². The lowest BCUT2D eigenvalue weighted by molar-refractivity contribution is -0.131. The predicted molar refractivity (Wildman–Crippen MR) is 87.5 cm³/mol. The number of carboxylic acids is 1. The van der Waals surface area contributed by atoms with E-state index in [1.807, 2.05) is 36.4 Å². The summed E-state index contributed by atoms with van der Waals surface area (Å²) in [6.07, 6.45) is 3.78. The molecule has 23 heavy (non-hydrogen) atoms. The van der Waals surface area contributed by atoms with Gasteiger partial charge in [-0.15, -0.1) is 0 Å². The Labute approximate surface area is 134 Å². The fourth-order valence-corrected chi connectivity index (χ4v) is 2.66. The molecule has 1 saturated carbocycles. The maximum atomic E-state index is 12.9. The molecule has 3 nitrogen and oxygen atoms in total. The summed E-state index contributed by atoms with van der Waals surface area (Å²) in [4.78, 5) is 10.5. The molecule has 0 aliphatic heterocycles. The molecule has 4 heteroatoms. The van der Waals surface area contributed by atoms with Crippen LogP contribution < -0.4 is 5.32 Å². The van der Waals surface area contributed by atoms with E-state index >= 15 is 0 Å². The van der Waals surface area contributed by atoms with Gasteiger partial charge in [-0.1, -0.05) is 36.4 Å². The van der Waals surface area contributed by atoms with Crippen molar-refractivity contribution in [1.29, 1.82) is 0 Å². The summed E-state index contributed by atoms with van der Waals surface area (Å²) < 4.78 is 12.9. The molecular weight excluding hydrogens is 293 g/mol. The first-order valence-electron chi connectivity index (χ1n) is 7.60. The van der Waals surface area contributed by atoms with Gasteiger partial charge in [0.15, 0.2) is 0 Å². The molecule has 2 N–H and O–H groups in total. The highest BCUT2D eigenvalue weighted by Crippen LogP contribution is 2.40. The van der Waals surface area contributed by atoms with E-state index in [4.69, 9.17) is 5.11 Å². The van der Waals surface area contributed by atoms with Crippen LogP contribution in [0.5, 0.6) is 0 Å². The molecule has 0 saturated heterocycles. The van der Waals surface area contributed by atoms with Crippen molar-refractivity contribution in [3.05, 3.63) is 77.1 Å². The second kappa shape index (κ2) is 6.75. The number of carboxylic acid groups (broad SMARTS) is 1. The normalized spacial score (nSPS) is 19.9. The quantitative estimate of drug-likeness (QED) is 0.802. The number of carbonyl (C=O) groups is 1. The Hall–Kier alpha value is -2.46. The van der Waals surface area contributed by atoms with Crippen molar-refractivity contribution in [1.82, 2.24) is 5.32 Å². The van der Waals surface area contributed by atoms with Gasteiger partial charge < -0.3 is 10.4 Å². The minimum atomic E-state index is -0.948. The fourth-order valence-electron chi connectivity index (χ4n) is 2.66. The highest BCUT2D eigenvalue weighted by atomic mass is 19.1. The van der Waals surface area contributed by atoms with Crippen LogP contribution in [0.25, 0.3) is 6.08 Å². The summed E-state index contributed by atoms with van der Waals surface area (Å²) in [5.41, 5.74) is 3.20. The summed E-state index contributed by atoms with van der Waals surface area (Å²) in [5, 5.41) is 12.1. The summed E-state index contributed by atoms with van der Waals surface area (Å²) in [7, 11) is 0. The number of hydrogen-bond acceptors (Lipinski definition) is 2. The van der Waals surface area contributed by atoms with E-state index < -0.39 is 5.97 Å². The summed E-state index contributed by atoms with van der Waals surface area (Å²) in [6.45, 7) is 0.769. The topological polar surface area (TPSA) is 49.3 Å². The molecule has 1 fully saturated rings. The fraction of sp³-hybridized carbons (Fsp3) is 0.211. The zero-order valence-electron chi connectivity index (χ0n) is 12.6. The van der Waals surface area contributed by atoms with E-state index in [1.54, 1.807) is 6.08 Å². The average molecular weight is 311 g/mol. The number of benzene rings is 2. The lowest BCUT2D eigenvalue weighted by Crippen LogP contribution is -2.17. The summed E-state index contributed by atoms with van der Waals surface area (Å²) >= 11 is 0. The highest BCUT2D eigenvalue weighted by Gasteiger charge is 2.37. The van der Waals surface area contributed by atoms with Gasteiger partial charge in [-0.25, -0.2) is 9.18 Å². The Kier molecular flexibility index (Phi) is 4.53. The maximum absolute atomic E-state index is 12.9. The molecular formula is C19H18FNO2. The van der Waals surface area contributed by atoms with Gasteiger partial charge in [-0.2, -0.15) is 0 Å². The van der Waals surface area contributed by atoms with Crippen molar-refractivity contribution < 1.29 is 14.3 Å². The number of rotatable bonds is 6. The molecule has 118 valence electrons. The number of hydrogen-bond donors (Lipinski definition) is 2. The van der Waals surface area contributed by atoms with Gasteiger partial charge in [0.05, 0.1) is 0 Å². The third kappa shape index (κ3) is 4.27. The van der Waals surface area contributed by atoms with Gasteiger partial charge in [-0.05, 0) is 41.3 Å². The van der Waals surface area contributed by atoms with E-state index in [9.17, 15) is 9.18 Å². The lowest BCUT2D eigenvalue weighted by atomic mass is 10.1. The molecule has 0 aromatic heterocycles. The van der Waals surface area contributed by atoms with Crippen LogP contribution in [0.1, 0.15) is 29.0 Å². The molecule has 2 unspecified atom stereocenters. The van der Waals surface area contributed by atoms with Crippen LogP contribution in [-0.4, -0.2) is 17.1 Å². The van der Waals surface area contributed by atoms with Crippen molar-refractivity contribution in [2.24, 2.45) is 0 Å². The van der Waals surface area contributed by atoms with Crippen LogP contribution in [0.15, 0.2) is 54.6 Å².